The molecule has 160 valence electrons. The first kappa shape index (κ1) is 20.9. The molecule has 7 nitrogen and oxygen atoms in total. The van der Waals surface area contributed by atoms with Gasteiger partial charge in [0.25, 0.3) is 5.89 Å². The normalized spacial score (nSPS) is 11.4. The van der Waals surface area contributed by atoms with Crippen LogP contribution in [0.3, 0.4) is 0 Å². The molecule has 0 bridgehead atoms. The highest BCUT2D eigenvalue weighted by Crippen LogP contribution is 2.34. The van der Waals surface area contributed by atoms with Crippen LogP contribution in [0.5, 0.6) is 5.75 Å². The Hall–Kier alpha value is -3.39. The summed E-state index contributed by atoms with van der Waals surface area (Å²) in [7, 11) is 0. The molecule has 2 aromatic heterocycles. The second-order valence-electron chi connectivity index (χ2n) is 7.29. The number of aromatic amines is 1. The summed E-state index contributed by atoms with van der Waals surface area (Å²) in [5.41, 5.74) is 2.21. The minimum absolute atomic E-state index is 0.0135. The number of carboxylic acid groups (broad SMARTS) is 1. The van der Waals surface area contributed by atoms with Crippen LogP contribution in [0.15, 0.2) is 41.1 Å². The number of carbonyl (C=O) groups is 1. The molecule has 2 aromatic carbocycles. The van der Waals surface area contributed by atoms with E-state index < -0.39 is 11.8 Å². The third kappa shape index (κ3) is 4.25. The van der Waals surface area contributed by atoms with E-state index in [1.54, 1.807) is 30.5 Å². The minimum Gasteiger partial charge on any atom is -0.489 e. The molecule has 0 saturated carbocycles. The van der Waals surface area contributed by atoms with Crippen LogP contribution in [0.25, 0.3) is 33.7 Å². The first-order chi connectivity index (χ1) is 14.8. The standard InChI is InChI=1S/C22H19ClFN3O4/c1-11(2)30-17-7-3-12(9-15(17)23)22-26-21(27-31-22)14-5-6-16(24)19-13(4-8-18(28)29)10-25-20(14)19/h3,5-7,9-11,25H,4,8H2,1-2H3,(H,28,29). The number of fused-ring (bicyclic) bond motifs is 1. The van der Waals surface area contributed by atoms with Gasteiger partial charge in [0.15, 0.2) is 0 Å². The van der Waals surface area contributed by atoms with Gasteiger partial charge in [0.1, 0.15) is 11.6 Å². The third-order valence-electron chi connectivity index (χ3n) is 4.68. The van der Waals surface area contributed by atoms with Crippen LogP contribution in [0, 0.1) is 5.82 Å². The van der Waals surface area contributed by atoms with Crippen LogP contribution in [-0.2, 0) is 11.2 Å². The van der Waals surface area contributed by atoms with Crippen molar-refractivity contribution in [1.82, 2.24) is 15.1 Å². The van der Waals surface area contributed by atoms with Gasteiger partial charge in [0.05, 0.1) is 16.6 Å². The van der Waals surface area contributed by atoms with Crippen LogP contribution in [-0.4, -0.2) is 32.3 Å². The lowest BCUT2D eigenvalue weighted by molar-refractivity contribution is -0.136. The molecule has 4 rings (SSSR count). The number of nitrogens with one attached hydrogen (secondary N) is 1. The fraction of sp³-hybridized carbons (Fsp3) is 0.227. The van der Waals surface area contributed by atoms with Crippen LogP contribution in [0.2, 0.25) is 5.02 Å². The summed E-state index contributed by atoms with van der Waals surface area (Å²) in [5, 5.41) is 13.7. The van der Waals surface area contributed by atoms with Crippen molar-refractivity contribution in [2.45, 2.75) is 32.8 Å². The number of nitrogens with zero attached hydrogens (tertiary/aromatic N) is 2. The highest BCUT2D eigenvalue weighted by Gasteiger charge is 2.19. The molecule has 0 spiro atoms. The van der Waals surface area contributed by atoms with Gasteiger partial charge in [-0.05, 0) is 56.2 Å². The fourth-order valence-corrected chi connectivity index (χ4v) is 3.56. The second-order valence-corrected chi connectivity index (χ2v) is 7.69. The number of benzene rings is 2. The number of H-pyrrole nitrogens is 1. The van der Waals surface area contributed by atoms with Gasteiger partial charge in [0.2, 0.25) is 5.82 Å². The van der Waals surface area contributed by atoms with Gasteiger partial charge in [-0.2, -0.15) is 4.98 Å². The predicted octanol–water partition coefficient (Wildman–Crippen LogP) is 5.48. The molecule has 0 amide bonds. The molecule has 2 heterocycles. The summed E-state index contributed by atoms with van der Waals surface area (Å²) in [6.45, 7) is 3.82. The zero-order valence-corrected chi connectivity index (χ0v) is 17.5. The number of rotatable bonds is 7. The molecule has 4 aromatic rings. The monoisotopic (exact) mass is 443 g/mol. The molecular weight excluding hydrogens is 425 g/mol. The summed E-state index contributed by atoms with van der Waals surface area (Å²) >= 11 is 6.29. The van der Waals surface area contributed by atoms with Gasteiger partial charge >= 0.3 is 5.97 Å². The van der Waals surface area contributed by atoms with Gasteiger partial charge in [-0.3, -0.25) is 4.79 Å². The molecule has 0 aliphatic carbocycles. The largest absolute Gasteiger partial charge is 0.489 e. The summed E-state index contributed by atoms with van der Waals surface area (Å²) in [6, 6.07) is 8.03. The zero-order valence-electron chi connectivity index (χ0n) is 16.8. The minimum atomic E-state index is -0.947. The molecule has 0 atom stereocenters. The Kier molecular flexibility index (Phi) is 5.65. The number of halogens is 2. The number of aliphatic carboxylic acids is 1. The van der Waals surface area contributed by atoms with Crippen LogP contribution in [0.4, 0.5) is 4.39 Å². The van der Waals surface area contributed by atoms with Crippen molar-refractivity contribution in [3.05, 3.63) is 52.9 Å². The number of aryl methyl sites for hydroxylation is 1. The van der Waals surface area contributed by atoms with Crippen molar-refractivity contribution in [3.8, 4) is 28.6 Å². The summed E-state index contributed by atoms with van der Waals surface area (Å²) in [6.07, 6.45) is 1.70. The number of aromatic nitrogens is 3. The summed E-state index contributed by atoms with van der Waals surface area (Å²) < 4.78 is 25.5. The van der Waals surface area contributed by atoms with E-state index in [1.807, 2.05) is 13.8 Å². The maximum Gasteiger partial charge on any atom is 0.303 e. The van der Waals surface area contributed by atoms with Crippen molar-refractivity contribution in [3.63, 3.8) is 0 Å². The highest BCUT2D eigenvalue weighted by atomic mass is 35.5. The average molecular weight is 444 g/mol. The number of hydrogen-bond donors (Lipinski definition) is 2. The topological polar surface area (TPSA) is 101 Å². The van der Waals surface area contributed by atoms with Crippen molar-refractivity contribution < 1.29 is 23.6 Å². The first-order valence-electron chi connectivity index (χ1n) is 9.64. The van der Waals surface area contributed by atoms with E-state index in [2.05, 4.69) is 15.1 Å². The van der Waals surface area contributed by atoms with E-state index in [4.69, 9.17) is 26.0 Å². The molecule has 9 heteroatoms. The van der Waals surface area contributed by atoms with Gasteiger partial charge < -0.3 is 19.4 Å². The molecule has 0 unspecified atom stereocenters. The van der Waals surface area contributed by atoms with Crippen molar-refractivity contribution in [2.75, 3.05) is 0 Å². The summed E-state index contributed by atoms with van der Waals surface area (Å²) in [4.78, 5) is 18.3. The molecule has 0 aliphatic rings. The summed E-state index contributed by atoms with van der Waals surface area (Å²) in [5.74, 6) is -0.317. The second kappa shape index (κ2) is 8.39. The van der Waals surface area contributed by atoms with E-state index in [0.29, 0.717) is 38.4 Å². The fourth-order valence-electron chi connectivity index (χ4n) is 3.33. The van der Waals surface area contributed by atoms with Gasteiger partial charge in [-0.25, -0.2) is 4.39 Å². The molecule has 0 fully saturated rings. The molecule has 0 radical (unpaired) electrons. The SMILES string of the molecule is CC(C)Oc1ccc(-c2nc(-c3ccc(F)c4c(CCC(=O)O)c[nH]c34)no2)cc1Cl. The van der Waals surface area contributed by atoms with E-state index in [9.17, 15) is 9.18 Å². The smallest absolute Gasteiger partial charge is 0.303 e. The van der Waals surface area contributed by atoms with Crippen LogP contribution >= 0.6 is 11.6 Å². The average Bonchev–Trinajstić information content (AvgIpc) is 3.36. The van der Waals surface area contributed by atoms with Crippen molar-refractivity contribution in [1.29, 1.82) is 0 Å². The first-order valence-corrected chi connectivity index (χ1v) is 10.0. The third-order valence-corrected chi connectivity index (χ3v) is 4.98. The van der Waals surface area contributed by atoms with E-state index in [1.165, 1.54) is 6.07 Å². The lowest BCUT2D eigenvalue weighted by atomic mass is 10.0. The maximum absolute atomic E-state index is 14.5. The lowest BCUT2D eigenvalue weighted by Crippen LogP contribution is -2.05. The van der Waals surface area contributed by atoms with E-state index in [-0.39, 0.29) is 30.7 Å². The Morgan fingerprint density at radius 1 is 1.32 bits per heavy atom. The number of ether oxygens (including phenoxy) is 1. The Morgan fingerprint density at radius 2 is 2.13 bits per heavy atom. The Bertz CT molecular complexity index is 1270. The maximum atomic E-state index is 14.5. The molecule has 2 N–H and O–H groups in total. The van der Waals surface area contributed by atoms with Gasteiger partial charge in [0, 0.05) is 29.1 Å². The lowest BCUT2D eigenvalue weighted by Gasteiger charge is -2.11. The Labute approximate surface area is 181 Å². The quantitative estimate of drug-likeness (QED) is 0.392. The number of carboxylic acids is 1. The van der Waals surface area contributed by atoms with Crippen molar-refractivity contribution in [2.24, 2.45) is 0 Å². The van der Waals surface area contributed by atoms with E-state index in [0.717, 1.165) is 0 Å². The molecular formula is C22H19ClFN3O4. The van der Waals surface area contributed by atoms with E-state index >= 15 is 0 Å². The van der Waals surface area contributed by atoms with Gasteiger partial charge in [-0.1, -0.05) is 16.8 Å². The Balaban J connectivity index is 1.69. The van der Waals surface area contributed by atoms with Gasteiger partial charge in [-0.15, -0.1) is 0 Å². The molecule has 0 aliphatic heterocycles. The predicted molar refractivity (Wildman–Crippen MR) is 114 cm³/mol. The van der Waals surface area contributed by atoms with Crippen LogP contribution < -0.4 is 4.74 Å². The van der Waals surface area contributed by atoms with Crippen molar-refractivity contribution >= 4 is 28.5 Å². The number of hydrogen-bond acceptors (Lipinski definition) is 5. The Morgan fingerprint density at radius 3 is 2.84 bits per heavy atom. The molecule has 31 heavy (non-hydrogen) atoms. The molecule has 0 saturated heterocycles. The zero-order chi connectivity index (χ0) is 22.1. The highest BCUT2D eigenvalue weighted by molar-refractivity contribution is 6.32. The van der Waals surface area contributed by atoms with Crippen LogP contribution in [0.1, 0.15) is 25.8 Å².